The molecule has 1 aromatic heterocycles. The van der Waals surface area contributed by atoms with Crippen molar-refractivity contribution in [3.05, 3.63) is 16.9 Å². The molecule has 2 heterocycles. The molecule has 0 aliphatic carbocycles. The fraction of sp³-hybridized carbons (Fsp3) is 0.667. The molecule has 1 aliphatic rings. The average Bonchev–Trinajstić information content (AvgIpc) is 2.49. The lowest BCUT2D eigenvalue weighted by Crippen LogP contribution is -2.30. The highest BCUT2D eigenvalue weighted by molar-refractivity contribution is 6.31. The summed E-state index contributed by atoms with van der Waals surface area (Å²) in [6.07, 6.45) is 4.04. The second-order valence-electron chi connectivity index (χ2n) is 3.50. The molecule has 1 fully saturated rings. The molecule has 0 atom stereocenters. The van der Waals surface area contributed by atoms with Crippen molar-refractivity contribution in [2.45, 2.75) is 25.8 Å². The van der Waals surface area contributed by atoms with E-state index in [4.69, 9.17) is 11.6 Å². The van der Waals surface area contributed by atoms with E-state index in [1.54, 1.807) is 6.20 Å². The monoisotopic (exact) mass is 199 g/mol. The van der Waals surface area contributed by atoms with Crippen LogP contribution in [0.1, 0.15) is 24.6 Å². The summed E-state index contributed by atoms with van der Waals surface area (Å²) in [4.78, 5) is 0. The van der Waals surface area contributed by atoms with E-state index in [9.17, 15) is 0 Å². The molecule has 1 N–H and O–H groups in total. The van der Waals surface area contributed by atoms with E-state index >= 15 is 0 Å². The van der Waals surface area contributed by atoms with Gasteiger partial charge in [0.25, 0.3) is 0 Å². The van der Waals surface area contributed by atoms with Crippen molar-refractivity contribution in [1.82, 2.24) is 15.1 Å². The van der Waals surface area contributed by atoms with Crippen molar-refractivity contribution in [2.75, 3.05) is 13.1 Å². The molecular weight excluding hydrogens is 186 g/mol. The third kappa shape index (κ3) is 1.71. The van der Waals surface area contributed by atoms with Crippen molar-refractivity contribution >= 4 is 11.6 Å². The number of piperidine rings is 1. The van der Waals surface area contributed by atoms with Gasteiger partial charge < -0.3 is 5.32 Å². The summed E-state index contributed by atoms with van der Waals surface area (Å²) < 4.78 is 2.06. The summed E-state index contributed by atoms with van der Waals surface area (Å²) in [5.74, 6) is 0. The molecule has 0 bridgehead atoms. The Hall–Kier alpha value is -0.540. The first-order chi connectivity index (χ1) is 6.29. The first-order valence-electron chi connectivity index (χ1n) is 4.69. The molecule has 0 spiro atoms. The number of aromatic nitrogens is 2. The highest BCUT2D eigenvalue weighted by Gasteiger charge is 2.17. The molecule has 72 valence electrons. The predicted molar refractivity (Wildman–Crippen MR) is 53.1 cm³/mol. The molecule has 0 aromatic carbocycles. The standard InChI is InChI=1S/C9H14ClN3/c1-7-9(10)6-12-13(7)8-2-4-11-5-3-8/h6,8,11H,2-5H2,1H3. The summed E-state index contributed by atoms with van der Waals surface area (Å²) in [7, 11) is 0. The van der Waals surface area contributed by atoms with Crippen LogP contribution >= 0.6 is 11.6 Å². The van der Waals surface area contributed by atoms with Gasteiger partial charge in [0, 0.05) is 0 Å². The van der Waals surface area contributed by atoms with Crippen LogP contribution in [0, 0.1) is 6.92 Å². The summed E-state index contributed by atoms with van der Waals surface area (Å²) in [6, 6.07) is 0.536. The number of halogens is 1. The summed E-state index contributed by atoms with van der Waals surface area (Å²) in [6.45, 7) is 4.19. The van der Waals surface area contributed by atoms with E-state index in [2.05, 4.69) is 15.1 Å². The van der Waals surface area contributed by atoms with E-state index < -0.39 is 0 Å². The largest absolute Gasteiger partial charge is 0.317 e. The van der Waals surface area contributed by atoms with Gasteiger partial charge in [0.2, 0.25) is 0 Å². The van der Waals surface area contributed by atoms with Crippen LogP contribution in [0.25, 0.3) is 0 Å². The van der Waals surface area contributed by atoms with Gasteiger partial charge in [0.1, 0.15) is 0 Å². The molecule has 0 unspecified atom stereocenters. The van der Waals surface area contributed by atoms with Crippen LogP contribution in [0.5, 0.6) is 0 Å². The van der Waals surface area contributed by atoms with Gasteiger partial charge in [-0.3, -0.25) is 4.68 Å². The molecule has 1 saturated heterocycles. The molecule has 0 amide bonds. The van der Waals surface area contributed by atoms with Gasteiger partial charge in [-0.15, -0.1) is 0 Å². The van der Waals surface area contributed by atoms with Crippen molar-refractivity contribution < 1.29 is 0 Å². The Morgan fingerprint density at radius 2 is 2.23 bits per heavy atom. The van der Waals surface area contributed by atoms with E-state index in [-0.39, 0.29) is 0 Å². The number of rotatable bonds is 1. The van der Waals surface area contributed by atoms with Crippen LogP contribution < -0.4 is 5.32 Å². The highest BCUT2D eigenvalue weighted by atomic mass is 35.5. The lowest BCUT2D eigenvalue weighted by Gasteiger charge is -2.24. The van der Waals surface area contributed by atoms with Gasteiger partial charge in [0.15, 0.2) is 0 Å². The summed E-state index contributed by atoms with van der Waals surface area (Å²) >= 11 is 5.95. The smallest absolute Gasteiger partial charge is 0.0815 e. The summed E-state index contributed by atoms with van der Waals surface area (Å²) in [5, 5.41) is 8.41. The maximum absolute atomic E-state index is 5.95. The third-order valence-electron chi connectivity index (χ3n) is 2.64. The minimum Gasteiger partial charge on any atom is -0.317 e. The van der Waals surface area contributed by atoms with Crippen LogP contribution in [-0.4, -0.2) is 22.9 Å². The minimum atomic E-state index is 0.536. The zero-order valence-corrected chi connectivity index (χ0v) is 8.51. The van der Waals surface area contributed by atoms with Crippen LogP contribution in [-0.2, 0) is 0 Å². The van der Waals surface area contributed by atoms with Crippen molar-refractivity contribution in [3.63, 3.8) is 0 Å². The lowest BCUT2D eigenvalue weighted by molar-refractivity contribution is 0.338. The third-order valence-corrected chi connectivity index (χ3v) is 3.01. The normalized spacial score (nSPS) is 19.2. The van der Waals surface area contributed by atoms with Gasteiger partial charge >= 0.3 is 0 Å². The zero-order valence-electron chi connectivity index (χ0n) is 7.76. The van der Waals surface area contributed by atoms with Gasteiger partial charge in [-0.1, -0.05) is 11.6 Å². The molecule has 1 aromatic rings. The second-order valence-corrected chi connectivity index (χ2v) is 3.91. The van der Waals surface area contributed by atoms with Crippen LogP contribution in [0.4, 0.5) is 0 Å². The first-order valence-corrected chi connectivity index (χ1v) is 5.07. The Morgan fingerprint density at radius 1 is 1.54 bits per heavy atom. The Bertz CT molecular complexity index is 289. The molecule has 13 heavy (non-hydrogen) atoms. The number of nitrogens with zero attached hydrogens (tertiary/aromatic N) is 2. The molecule has 2 rings (SSSR count). The molecule has 1 aliphatic heterocycles. The van der Waals surface area contributed by atoms with E-state index in [1.807, 2.05) is 6.92 Å². The van der Waals surface area contributed by atoms with Crippen molar-refractivity contribution in [1.29, 1.82) is 0 Å². The number of hydrogen-bond acceptors (Lipinski definition) is 2. The van der Waals surface area contributed by atoms with Gasteiger partial charge in [0.05, 0.1) is 23.0 Å². The van der Waals surface area contributed by atoms with E-state index in [1.165, 1.54) is 0 Å². The first kappa shape index (κ1) is 9.03. The van der Waals surface area contributed by atoms with Crippen LogP contribution in [0.15, 0.2) is 6.20 Å². The SMILES string of the molecule is Cc1c(Cl)cnn1C1CCNCC1. The maximum Gasteiger partial charge on any atom is 0.0815 e. The number of hydrogen-bond donors (Lipinski definition) is 1. The fourth-order valence-electron chi connectivity index (χ4n) is 1.82. The maximum atomic E-state index is 5.95. The molecular formula is C9H14ClN3. The molecule has 0 radical (unpaired) electrons. The van der Waals surface area contributed by atoms with Gasteiger partial charge in [-0.2, -0.15) is 5.10 Å². The topological polar surface area (TPSA) is 29.9 Å². The van der Waals surface area contributed by atoms with Crippen molar-refractivity contribution in [3.8, 4) is 0 Å². The zero-order chi connectivity index (χ0) is 9.26. The summed E-state index contributed by atoms with van der Waals surface area (Å²) in [5.41, 5.74) is 1.09. The molecule has 4 heteroatoms. The lowest BCUT2D eigenvalue weighted by atomic mass is 10.1. The quantitative estimate of drug-likeness (QED) is 0.747. The minimum absolute atomic E-state index is 0.536. The average molecular weight is 200 g/mol. The molecule has 0 saturated carbocycles. The highest BCUT2D eigenvalue weighted by Crippen LogP contribution is 2.23. The Kier molecular flexibility index (Phi) is 2.56. The van der Waals surface area contributed by atoms with Crippen LogP contribution in [0.2, 0.25) is 5.02 Å². The number of nitrogens with one attached hydrogen (secondary N) is 1. The van der Waals surface area contributed by atoms with Gasteiger partial charge in [-0.25, -0.2) is 0 Å². The van der Waals surface area contributed by atoms with E-state index in [0.717, 1.165) is 36.6 Å². The van der Waals surface area contributed by atoms with Crippen LogP contribution in [0.3, 0.4) is 0 Å². The predicted octanol–water partition coefficient (Wildman–Crippen LogP) is 1.77. The van der Waals surface area contributed by atoms with E-state index in [0.29, 0.717) is 6.04 Å². The Balaban J connectivity index is 2.18. The van der Waals surface area contributed by atoms with Crippen molar-refractivity contribution in [2.24, 2.45) is 0 Å². The Labute approximate surface area is 83.1 Å². The van der Waals surface area contributed by atoms with Gasteiger partial charge in [-0.05, 0) is 32.9 Å². The molecule has 3 nitrogen and oxygen atoms in total. The second kappa shape index (κ2) is 3.68. The fourth-order valence-corrected chi connectivity index (χ4v) is 1.95. The Morgan fingerprint density at radius 3 is 2.77 bits per heavy atom.